The van der Waals surface area contributed by atoms with E-state index in [1.807, 2.05) is 61.2 Å². The van der Waals surface area contributed by atoms with Crippen LogP contribution >= 0.6 is 0 Å². The van der Waals surface area contributed by atoms with Crippen molar-refractivity contribution in [3.8, 4) is 5.75 Å². The van der Waals surface area contributed by atoms with Gasteiger partial charge >= 0.3 is 0 Å². The molecule has 0 fully saturated rings. The SMILES string of the molecule is CCN(CC)C(=O)[C@@H]1c2ccccc2C(=O)N(C)[C@H]1c1ccc(OC)cc1. The Morgan fingerprint density at radius 2 is 1.70 bits per heavy atom. The van der Waals surface area contributed by atoms with Gasteiger partial charge in [0.2, 0.25) is 5.91 Å². The molecule has 0 aliphatic carbocycles. The Kier molecular flexibility index (Phi) is 5.49. The van der Waals surface area contributed by atoms with E-state index in [9.17, 15) is 9.59 Å². The maximum Gasteiger partial charge on any atom is 0.254 e. The topological polar surface area (TPSA) is 49.9 Å². The molecule has 5 nitrogen and oxygen atoms in total. The van der Waals surface area contributed by atoms with Gasteiger partial charge < -0.3 is 14.5 Å². The summed E-state index contributed by atoms with van der Waals surface area (Å²) in [4.78, 5) is 29.9. The van der Waals surface area contributed by atoms with Crippen molar-refractivity contribution in [1.29, 1.82) is 0 Å². The molecule has 0 radical (unpaired) electrons. The van der Waals surface area contributed by atoms with Crippen LogP contribution in [-0.2, 0) is 4.79 Å². The Morgan fingerprint density at radius 1 is 1.07 bits per heavy atom. The first kappa shape index (κ1) is 19.0. The van der Waals surface area contributed by atoms with Crippen molar-refractivity contribution in [1.82, 2.24) is 9.80 Å². The van der Waals surface area contributed by atoms with Crippen molar-refractivity contribution in [3.63, 3.8) is 0 Å². The molecule has 2 aromatic rings. The highest BCUT2D eigenvalue weighted by molar-refractivity contribution is 6.01. The molecule has 0 spiro atoms. The summed E-state index contributed by atoms with van der Waals surface area (Å²) >= 11 is 0. The van der Waals surface area contributed by atoms with Crippen LogP contribution in [0.25, 0.3) is 0 Å². The van der Waals surface area contributed by atoms with Gasteiger partial charge in [0.05, 0.1) is 19.1 Å². The van der Waals surface area contributed by atoms with E-state index in [0.717, 1.165) is 16.9 Å². The Labute approximate surface area is 160 Å². The summed E-state index contributed by atoms with van der Waals surface area (Å²) in [5, 5.41) is 0. The summed E-state index contributed by atoms with van der Waals surface area (Å²) in [6, 6.07) is 14.7. The highest BCUT2D eigenvalue weighted by Crippen LogP contribution is 2.43. The van der Waals surface area contributed by atoms with E-state index in [-0.39, 0.29) is 17.9 Å². The molecule has 5 heteroatoms. The molecule has 0 N–H and O–H groups in total. The van der Waals surface area contributed by atoms with Crippen LogP contribution in [0, 0.1) is 0 Å². The molecule has 0 saturated heterocycles. The Morgan fingerprint density at radius 3 is 2.30 bits per heavy atom. The van der Waals surface area contributed by atoms with E-state index in [0.29, 0.717) is 18.7 Å². The van der Waals surface area contributed by atoms with Gasteiger partial charge in [-0.05, 0) is 43.2 Å². The maximum atomic E-state index is 13.4. The van der Waals surface area contributed by atoms with Gasteiger partial charge in [-0.2, -0.15) is 0 Å². The molecular formula is C22H26N2O3. The average molecular weight is 366 g/mol. The van der Waals surface area contributed by atoms with Crippen LogP contribution in [0.5, 0.6) is 5.75 Å². The van der Waals surface area contributed by atoms with Crippen LogP contribution in [0.4, 0.5) is 0 Å². The highest BCUT2D eigenvalue weighted by atomic mass is 16.5. The first-order chi connectivity index (χ1) is 13.0. The summed E-state index contributed by atoms with van der Waals surface area (Å²) in [7, 11) is 3.39. The molecule has 2 amide bonds. The van der Waals surface area contributed by atoms with Crippen molar-refractivity contribution in [2.24, 2.45) is 0 Å². The maximum absolute atomic E-state index is 13.4. The minimum Gasteiger partial charge on any atom is -0.497 e. The summed E-state index contributed by atoms with van der Waals surface area (Å²) in [5.41, 5.74) is 2.33. The summed E-state index contributed by atoms with van der Waals surface area (Å²) < 4.78 is 5.25. The lowest BCUT2D eigenvalue weighted by Gasteiger charge is -2.41. The predicted octanol–water partition coefficient (Wildman–Crippen LogP) is 3.47. The van der Waals surface area contributed by atoms with Crippen LogP contribution in [0.15, 0.2) is 48.5 Å². The minimum absolute atomic E-state index is 0.0487. The largest absolute Gasteiger partial charge is 0.497 e. The zero-order chi connectivity index (χ0) is 19.6. The molecule has 0 bridgehead atoms. The smallest absolute Gasteiger partial charge is 0.254 e. The van der Waals surface area contributed by atoms with Crippen LogP contribution in [0.1, 0.15) is 47.3 Å². The molecule has 27 heavy (non-hydrogen) atoms. The second kappa shape index (κ2) is 7.82. The molecule has 1 heterocycles. The third kappa shape index (κ3) is 3.29. The third-order valence-electron chi connectivity index (χ3n) is 5.38. The fraction of sp³-hybridized carbons (Fsp3) is 0.364. The van der Waals surface area contributed by atoms with E-state index < -0.39 is 5.92 Å². The number of hydrogen-bond donors (Lipinski definition) is 0. The van der Waals surface area contributed by atoms with Gasteiger partial charge in [-0.25, -0.2) is 0 Å². The van der Waals surface area contributed by atoms with Gasteiger partial charge in [0.25, 0.3) is 5.91 Å². The molecule has 2 aromatic carbocycles. The monoisotopic (exact) mass is 366 g/mol. The predicted molar refractivity (Wildman–Crippen MR) is 105 cm³/mol. The summed E-state index contributed by atoms with van der Waals surface area (Å²) in [6.07, 6.45) is 0. The molecule has 1 aliphatic heterocycles. The Hall–Kier alpha value is -2.82. The molecule has 0 saturated carbocycles. The van der Waals surface area contributed by atoms with E-state index >= 15 is 0 Å². The standard InChI is InChI=1S/C22H26N2O3/c1-5-24(6-2)22(26)19-17-9-7-8-10-18(17)21(25)23(3)20(19)15-11-13-16(27-4)14-12-15/h7-14,19-20H,5-6H2,1-4H3/t19-,20+/m1/s1. The fourth-order valence-corrected chi connectivity index (χ4v) is 3.89. The lowest BCUT2D eigenvalue weighted by molar-refractivity contribution is -0.134. The van der Waals surface area contributed by atoms with Crippen molar-refractivity contribution >= 4 is 11.8 Å². The number of fused-ring (bicyclic) bond motifs is 1. The zero-order valence-electron chi connectivity index (χ0n) is 16.3. The van der Waals surface area contributed by atoms with Crippen molar-refractivity contribution in [2.75, 3.05) is 27.2 Å². The van der Waals surface area contributed by atoms with Crippen molar-refractivity contribution in [3.05, 3.63) is 65.2 Å². The molecule has 2 atom stereocenters. The number of rotatable bonds is 5. The van der Waals surface area contributed by atoms with Crippen molar-refractivity contribution < 1.29 is 14.3 Å². The molecule has 0 unspecified atom stereocenters. The van der Waals surface area contributed by atoms with Gasteiger partial charge in [0.15, 0.2) is 0 Å². The third-order valence-corrected chi connectivity index (χ3v) is 5.38. The number of ether oxygens (including phenoxy) is 1. The lowest BCUT2D eigenvalue weighted by Crippen LogP contribution is -2.46. The van der Waals surface area contributed by atoms with Crippen LogP contribution in [0.3, 0.4) is 0 Å². The molecular weight excluding hydrogens is 340 g/mol. The van der Waals surface area contributed by atoms with Crippen molar-refractivity contribution in [2.45, 2.75) is 25.8 Å². The second-order valence-electron chi connectivity index (χ2n) is 6.71. The molecule has 0 aromatic heterocycles. The average Bonchev–Trinajstić information content (AvgIpc) is 2.71. The Balaban J connectivity index is 2.15. The summed E-state index contributed by atoms with van der Waals surface area (Å²) in [6.45, 7) is 5.24. The summed E-state index contributed by atoms with van der Waals surface area (Å²) in [5.74, 6) is 0.301. The first-order valence-electron chi connectivity index (χ1n) is 9.32. The number of hydrogen-bond acceptors (Lipinski definition) is 3. The number of nitrogens with zero attached hydrogens (tertiary/aromatic N) is 2. The molecule has 1 aliphatic rings. The first-order valence-corrected chi connectivity index (χ1v) is 9.32. The number of carbonyl (C=O) groups excluding carboxylic acids is 2. The zero-order valence-corrected chi connectivity index (χ0v) is 16.3. The number of carbonyl (C=O) groups is 2. The minimum atomic E-state index is -0.433. The number of benzene rings is 2. The Bertz CT molecular complexity index is 828. The quantitative estimate of drug-likeness (QED) is 0.814. The van der Waals surface area contributed by atoms with Gasteiger partial charge in [-0.1, -0.05) is 30.3 Å². The number of amides is 2. The van der Waals surface area contributed by atoms with Crippen LogP contribution < -0.4 is 4.74 Å². The van der Waals surface area contributed by atoms with Gasteiger partial charge in [0, 0.05) is 25.7 Å². The van der Waals surface area contributed by atoms with Gasteiger partial charge in [-0.15, -0.1) is 0 Å². The van der Waals surface area contributed by atoms with E-state index in [1.54, 1.807) is 25.1 Å². The van der Waals surface area contributed by atoms with Crippen LogP contribution in [-0.4, -0.2) is 48.9 Å². The van der Waals surface area contributed by atoms with E-state index in [4.69, 9.17) is 4.74 Å². The van der Waals surface area contributed by atoms with E-state index in [1.165, 1.54) is 0 Å². The highest BCUT2D eigenvalue weighted by Gasteiger charge is 2.43. The van der Waals surface area contributed by atoms with Gasteiger partial charge in [0.1, 0.15) is 5.75 Å². The fourth-order valence-electron chi connectivity index (χ4n) is 3.89. The normalized spacial score (nSPS) is 18.8. The van der Waals surface area contributed by atoms with Crippen LogP contribution in [0.2, 0.25) is 0 Å². The molecule has 142 valence electrons. The van der Waals surface area contributed by atoms with E-state index in [2.05, 4.69) is 0 Å². The number of methoxy groups -OCH3 is 1. The second-order valence-corrected chi connectivity index (χ2v) is 6.71. The number of likely N-dealkylation sites (N-methyl/N-ethyl adjacent to an activating group) is 2. The molecule has 3 rings (SSSR count). The lowest BCUT2D eigenvalue weighted by atomic mass is 9.79. The van der Waals surface area contributed by atoms with Gasteiger partial charge in [-0.3, -0.25) is 9.59 Å².